The molecule has 2 aromatic rings. The standard InChI is InChI=1S/C30H38F5N5O7S.C7H15NO5/c31-24-25(32)27(34)29(28(35)26(24)33)47-23(41)8-11-43-13-15-45-17-18-46-16-14-44-12-10-37-19-21(40-36)3-1-2-9-38-30(42)39-20-4-6-22(48)7-5-20;9-6-3-5(1-2-8(11)12)13-4-7(6)10/h4-7,19,48H,1-3,8-18,36H2,(H2,38,39,42);5-7,9-12H,1-4H2/b37-19?,40-21-;. The molecule has 1 heterocycles. The number of unbranched alkanes of at least 4 members (excludes halogenated alkanes) is 1. The molecule has 0 radical (unpaired) electrons. The highest BCUT2D eigenvalue weighted by Crippen LogP contribution is 2.29. The molecule has 0 bridgehead atoms. The molecule has 18 nitrogen and oxygen atoms in total. The number of nitrogens with one attached hydrogen (secondary N) is 2. The lowest BCUT2D eigenvalue weighted by Crippen LogP contribution is -2.42. The Kier molecular flexibility index (Phi) is 26.8. The first-order valence-corrected chi connectivity index (χ1v) is 19.4. The third-order valence-corrected chi connectivity index (χ3v) is 8.39. The molecule has 61 heavy (non-hydrogen) atoms. The van der Waals surface area contributed by atoms with Gasteiger partial charge < -0.3 is 55.1 Å². The van der Waals surface area contributed by atoms with Gasteiger partial charge in [-0.1, -0.05) is 5.23 Å². The second-order valence-corrected chi connectivity index (χ2v) is 13.3. The van der Waals surface area contributed by atoms with Crippen LogP contribution in [0.2, 0.25) is 0 Å². The quantitative estimate of drug-likeness (QED) is 0.00645. The zero-order chi connectivity index (χ0) is 45.0. The van der Waals surface area contributed by atoms with E-state index in [0.717, 1.165) is 17.7 Å². The molecular weight excluding hydrogens is 847 g/mol. The number of rotatable bonds is 26. The Morgan fingerprint density at radius 3 is 1.98 bits per heavy atom. The average molecular weight is 901 g/mol. The second-order valence-electron chi connectivity index (χ2n) is 12.8. The first-order chi connectivity index (χ1) is 29.2. The molecule has 8 N–H and O–H groups in total. The first kappa shape index (κ1) is 53.1. The van der Waals surface area contributed by atoms with Gasteiger partial charge in [0.2, 0.25) is 34.8 Å². The van der Waals surface area contributed by atoms with Gasteiger partial charge in [0.05, 0.1) is 96.9 Å². The van der Waals surface area contributed by atoms with E-state index in [1.807, 2.05) is 0 Å². The molecule has 0 saturated carbocycles. The van der Waals surface area contributed by atoms with E-state index in [9.17, 15) is 36.6 Å². The lowest BCUT2D eigenvalue weighted by molar-refractivity contribution is -0.309. The van der Waals surface area contributed by atoms with Crippen LogP contribution in [0.1, 0.15) is 38.5 Å². The molecule has 1 aliphatic heterocycles. The van der Waals surface area contributed by atoms with Crippen LogP contribution >= 0.6 is 12.6 Å². The summed E-state index contributed by atoms with van der Waals surface area (Å²) in [5.41, 5.74) is 1.31. The van der Waals surface area contributed by atoms with Crippen LogP contribution in [-0.2, 0) is 28.5 Å². The van der Waals surface area contributed by atoms with Crippen LogP contribution in [-0.4, -0.2) is 147 Å². The van der Waals surface area contributed by atoms with Crippen LogP contribution in [0.25, 0.3) is 0 Å². The van der Waals surface area contributed by atoms with Gasteiger partial charge in [-0.2, -0.15) is 13.9 Å². The van der Waals surface area contributed by atoms with E-state index in [1.54, 1.807) is 30.5 Å². The molecule has 1 aliphatic rings. The van der Waals surface area contributed by atoms with Crippen LogP contribution < -0.4 is 21.2 Å². The van der Waals surface area contributed by atoms with Crippen molar-refractivity contribution < 1.29 is 80.6 Å². The summed E-state index contributed by atoms with van der Waals surface area (Å²) in [7, 11) is 0. The molecule has 3 unspecified atom stereocenters. The number of hydrogen-bond donors (Lipinski definition) is 8. The largest absolute Gasteiger partial charge is 0.420 e. The van der Waals surface area contributed by atoms with Gasteiger partial charge in [0.15, 0.2) is 0 Å². The maximum absolute atomic E-state index is 13.5. The van der Waals surface area contributed by atoms with Gasteiger partial charge in [0.1, 0.15) is 6.10 Å². The van der Waals surface area contributed by atoms with Crippen molar-refractivity contribution in [2.45, 2.75) is 61.7 Å². The van der Waals surface area contributed by atoms with Gasteiger partial charge in [-0.15, -0.1) is 12.6 Å². The van der Waals surface area contributed by atoms with Crippen LogP contribution in [0.5, 0.6) is 5.75 Å². The molecule has 0 aromatic heterocycles. The van der Waals surface area contributed by atoms with Crippen LogP contribution in [0.15, 0.2) is 39.3 Å². The number of halogens is 5. The number of aliphatic hydroxyl groups is 2. The minimum Gasteiger partial charge on any atom is -0.420 e. The summed E-state index contributed by atoms with van der Waals surface area (Å²) in [6.45, 7) is 2.65. The minimum absolute atomic E-state index is 0.0630. The van der Waals surface area contributed by atoms with E-state index in [0.29, 0.717) is 63.6 Å². The SMILES string of the molecule is N/N=C(\C=NCCOCCOCCOCCOCCC(=O)Oc1c(F)c(F)c(F)c(F)c1F)CCCCNC(=O)Nc1ccc(S)cc1.OC1COC(CCN(O)O)CC1O. The summed E-state index contributed by atoms with van der Waals surface area (Å²) in [4.78, 5) is 28.6. The van der Waals surface area contributed by atoms with E-state index in [1.165, 1.54) is 0 Å². The first-order valence-electron chi connectivity index (χ1n) is 19.0. The third kappa shape index (κ3) is 22.5. The third-order valence-electron chi connectivity index (χ3n) is 8.10. The molecule has 3 rings (SSSR count). The summed E-state index contributed by atoms with van der Waals surface area (Å²) in [5, 5.41) is 44.5. The normalized spacial score (nSPS) is 16.7. The summed E-state index contributed by atoms with van der Waals surface area (Å²) >= 11 is 4.20. The maximum Gasteiger partial charge on any atom is 0.319 e. The van der Waals surface area contributed by atoms with Gasteiger partial charge >= 0.3 is 12.0 Å². The van der Waals surface area contributed by atoms with Gasteiger partial charge in [-0.3, -0.25) is 20.2 Å². The number of amides is 2. The number of benzene rings is 2. The van der Waals surface area contributed by atoms with E-state index < -0.39 is 59.4 Å². The number of ether oxygens (including phenoxy) is 6. The topological polar surface area (TPSA) is 248 Å². The van der Waals surface area contributed by atoms with Crippen molar-refractivity contribution in [3.05, 3.63) is 53.4 Å². The summed E-state index contributed by atoms with van der Waals surface area (Å²) < 4.78 is 97.1. The Morgan fingerprint density at radius 2 is 1.41 bits per heavy atom. The van der Waals surface area contributed by atoms with Crippen molar-refractivity contribution in [1.29, 1.82) is 0 Å². The molecule has 0 spiro atoms. The van der Waals surface area contributed by atoms with Gasteiger partial charge in [-0.25, -0.2) is 18.0 Å². The van der Waals surface area contributed by atoms with Gasteiger partial charge in [-0.05, 0) is 49.9 Å². The number of aliphatic imine (C=N–C) groups is 1. The zero-order valence-electron chi connectivity index (χ0n) is 33.2. The monoisotopic (exact) mass is 900 g/mol. The molecule has 24 heteroatoms. The summed E-state index contributed by atoms with van der Waals surface area (Å²) in [6, 6.07) is 6.81. The number of thiol groups is 1. The summed E-state index contributed by atoms with van der Waals surface area (Å²) in [5.74, 6) is -8.75. The minimum atomic E-state index is -2.35. The van der Waals surface area contributed by atoms with Crippen LogP contribution in [0.3, 0.4) is 0 Å². The average Bonchev–Trinajstić information content (AvgIpc) is 3.24. The Labute approximate surface area is 354 Å². The number of carbonyl (C=O) groups excluding carboxylic acids is 2. The molecule has 2 aromatic carbocycles. The molecule has 1 saturated heterocycles. The number of nitrogens with two attached hydrogens (primary N) is 1. The van der Waals surface area contributed by atoms with Gasteiger partial charge in [0.25, 0.3) is 0 Å². The highest BCUT2D eigenvalue weighted by Gasteiger charge is 2.29. The number of aliphatic hydroxyl groups excluding tert-OH is 2. The number of hydroxylamine groups is 2. The van der Waals surface area contributed by atoms with Crippen molar-refractivity contribution in [1.82, 2.24) is 10.5 Å². The van der Waals surface area contributed by atoms with Crippen molar-refractivity contribution in [2.75, 3.05) is 84.4 Å². The number of carbonyl (C=O) groups is 2. The van der Waals surface area contributed by atoms with Crippen molar-refractivity contribution >= 4 is 42.2 Å². The molecule has 0 aliphatic carbocycles. The zero-order valence-corrected chi connectivity index (χ0v) is 34.1. The van der Waals surface area contributed by atoms with E-state index >= 15 is 0 Å². The van der Waals surface area contributed by atoms with E-state index in [-0.39, 0.29) is 63.5 Å². The Hall–Kier alpha value is -4.08. The number of nitrogens with zero attached hydrogens (tertiary/aromatic N) is 3. The number of esters is 1. The van der Waals surface area contributed by atoms with Gasteiger partial charge in [0, 0.05) is 29.8 Å². The number of hydrazone groups is 1. The molecular formula is C37H53F5N6O12S. The fourth-order valence-electron chi connectivity index (χ4n) is 4.86. The highest BCUT2D eigenvalue weighted by molar-refractivity contribution is 7.80. The summed E-state index contributed by atoms with van der Waals surface area (Å²) in [6.07, 6.45) is 2.13. The lowest BCUT2D eigenvalue weighted by Gasteiger charge is -2.30. The number of urea groups is 1. The van der Waals surface area contributed by atoms with Crippen LogP contribution in [0, 0.1) is 29.1 Å². The predicted molar refractivity (Wildman–Crippen MR) is 211 cm³/mol. The Balaban J connectivity index is 0.000000835. The highest BCUT2D eigenvalue weighted by atomic mass is 32.1. The number of anilines is 1. The lowest BCUT2D eigenvalue weighted by atomic mass is 10.0. The van der Waals surface area contributed by atoms with Crippen molar-refractivity contribution in [3.8, 4) is 5.75 Å². The van der Waals surface area contributed by atoms with Crippen molar-refractivity contribution in [2.24, 2.45) is 15.9 Å². The maximum atomic E-state index is 13.5. The fourth-order valence-corrected chi connectivity index (χ4v) is 5.01. The number of hydrogen-bond acceptors (Lipinski definition) is 17. The van der Waals surface area contributed by atoms with Crippen molar-refractivity contribution in [3.63, 3.8) is 0 Å². The van der Waals surface area contributed by atoms with E-state index in [2.05, 4.69) is 38.1 Å². The second kappa shape index (κ2) is 30.9. The molecule has 3 atom stereocenters. The molecule has 344 valence electrons. The Morgan fingerprint density at radius 1 is 0.836 bits per heavy atom. The Bertz CT molecular complexity index is 1630. The molecule has 2 amide bonds. The van der Waals surface area contributed by atoms with Crippen LogP contribution in [0.4, 0.5) is 32.4 Å². The molecule has 1 fully saturated rings. The fraction of sp³-hybridized carbons (Fsp3) is 0.568. The predicted octanol–water partition coefficient (Wildman–Crippen LogP) is 3.38. The smallest absolute Gasteiger partial charge is 0.319 e. The van der Waals surface area contributed by atoms with E-state index in [4.69, 9.17) is 45.0 Å².